The zero-order valence-electron chi connectivity index (χ0n) is 9.17. The standard InChI is InChI=1S/C11H16N2O2S/c1-2-11(16-9-1)10-12-15-8-5-13-3-6-14-7-4-13/h1-2,9-10H,3-8H2/b12-10+. The highest BCUT2D eigenvalue weighted by atomic mass is 32.1. The van der Waals surface area contributed by atoms with Crippen LogP contribution in [0.4, 0.5) is 0 Å². The van der Waals surface area contributed by atoms with Crippen molar-refractivity contribution in [2.45, 2.75) is 0 Å². The zero-order chi connectivity index (χ0) is 11.1. The SMILES string of the molecule is C(=N\OCCN1CCOCC1)/c1cccs1. The van der Waals surface area contributed by atoms with E-state index >= 15 is 0 Å². The molecule has 1 aliphatic rings. The Morgan fingerprint density at radius 1 is 1.50 bits per heavy atom. The molecule has 0 N–H and O–H groups in total. The van der Waals surface area contributed by atoms with Crippen LogP contribution in [-0.4, -0.2) is 50.6 Å². The third-order valence-corrected chi connectivity index (χ3v) is 3.21. The predicted octanol–water partition coefficient (Wildman–Crippen LogP) is 1.43. The predicted molar refractivity (Wildman–Crippen MR) is 65.1 cm³/mol. The molecule has 2 heterocycles. The van der Waals surface area contributed by atoms with Crippen LogP contribution in [0, 0.1) is 0 Å². The van der Waals surface area contributed by atoms with Crippen LogP contribution in [0.5, 0.6) is 0 Å². The van der Waals surface area contributed by atoms with Crippen LogP contribution in [0.25, 0.3) is 0 Å². The first kappa shape index (κ1) is 11.6. The van der Waals surface area contributed by atoms with Crippen molar-refractivity contribution < 1.29 is 9.57 Å². The van der Waals surface area contributed by atoms with Gasteiger partial charge in [-0.25, -0.2) is 0 Å². The molecule has 88 valence electrons. The maximum absolute atomic E-state index is 5.27. The molecular weight excluding hydrogens is 224 g/mol. The van der Waals surface area contributed by atoms with E-state index < -0.39 is 0 Å². The zero-order valence-corrected chi connectivity index (χ0v) is 9.99. The maximum Gasteiger partial charge on any atom is 0.129 e. The van der Waals surface area contributed by atoms with E-state index in [2.05, 4.69) is 10.1 Å². The Balaban J connectivity index is 1.57. The van der Waals surface area contributed by atoms with Gasteiger partial charge in [0.2, 0.25) is 0 Å². The van der Waals surface area contributed by atoms with Crippen molar-refractivity contribution in [1.29, 1.82) is 0 Å². The third-order valence-electron chi connectivity index (χ3n) is 2.40. The lowest BCUT2D eigenvalue weighted by atomic mass is 10.4. The lowest BCUT2D eigenvalue weighted by Gasteiger charge is -2.25. The number of thiophene rings is 1. The topological polar surface area (TPSA) is 34.1 Å². The molecule has 0 spiro atoms. The molecule has 0 aliphatic carbocycles. The molecule has 1 aromatic heterocycles. The molecule has 4 nitrogen and oxygen atoms in total. The van der Waals surface area contributed by atoms with Crippen LogP contribution in [-0.2, 0) is 9.57 Å². The molecule has 1 fully saturated rings. The quantitative estimate of drug-likeness (QED) is 0.443. The third kappa shape index (κ3) is 3.92. The number of ether oxygens (including phenoxy) is 1. The van der Waals surface area contributed by atoms with Gasteiger partial charge in [0.05, 0.1) is 19.4 Å². The average Bonchev–Trinajstić information content (AvgIpc) is 2.83. The second-order valence-corrected chi connectivity index (χ2v) is 4.52. The minimum atomic E-state index is 0.641. The van der Waals surface area contributed by atoms with Crippen LogP contribution in [0.15, 0.2) is 22.7 Å². The number of rotatable bonds is 5. The van der Waals surface area contributed by atoms with Gasteiger partial charge in [-0.15, -0.1) is 11.3 Å². The monoisotopic (exact) mass is 240 g/mol. The van der Waals surface area contributed by atoms with Gasteiger partial charge in [0.25, 0.3) is 0 Å². The molecule has 5 heteroatoms. The Morgan fingerprint density at radius 3 is 3.12 bits per heavy atom. The van der Waals surface area contributed by atoms with Crippen molar-refractivity contribution in [2.75, 3.05) is 39.5 Å². The molecule has 1 aliphatic heterocycles. The molecule has 0 unspecified atom stereocenters. The van der Waals surface area contributed by atoms with E-state index in [1.54, 1.807) is 17.6 Å². The van der Waals surface area contributed by atoms with E-state index in [9.17, 15) is 0 Å². The first-order valence-electron chi connectivity index (χ1n) is 5.44. The lowest BCUT2D eigenvalue weighted by Crippen LogP contribution is -2.38. The molecule has 2 rings (SSSR count). The van der Waals surface area contributed by atoms with Crippen molar-refractivity contribution in [3.05, 3.63) is 22.4 Å². The highest BCUT2D eigenvalue weighted by Crippen LogP contribution is 2.04. The van der Waals surface area contributed by atoms with Crippen molar-refractivity contribution in [3.8, 4) is 0 Å². The molecule has 16 heavy (non-hydrogen) atoms. The Hall–Kier alpha value is -0.910. The summed E-state index contributed by atoms with van der Waals surface area (Å²) < 4.78 is 5.27. The molecule has 0 radical (unpaired) electrons. The van der Waals surface area contributed by atoms with E-state index in [4.69, 9.17) is 9.57 Å². The number of oxime groups is 1. The molecule has 0 aromatic carbocycles. The summed E-state index contributed by atoms with van der Waals surface area (Å²) in [5.74, 6) is 0. The minimum absolute atomic E-state index is 0.641. The van der Waals surface area contributed by atoms with Crippen LogP contribution >= 0.6 is 11.3 Å². The summed E-state index contributed by atoms with van der Waals surface area (Å²) in [4.78, 5) is 8.64. The molecule has 0 amide bonds. The van der Waals surface area contributed by atoms with E-state index in [1.807, 2.05) is 17.5 Å². The van der Waals surface area contributed by atoms with Gasteiger partial charge < -0.3 is 9.57 Å². The van der Waals surface area contributed by atoms with Gasteiger partial charge in [-0.1, -0.05) is 11.2 Å². The summed E-state index contributed by atoms with van der Waals surface area (Å²) >= 11 is 1.65. The molecule has 0 bridgehead atoms. The average molecular weight is 240 g/mol. The second-order valence-electron chi connectivity index (χ2n) is 3.54. The summed E-state index contributed by atoms with van der Waals surface area (Å²) in [6.45, 7) is 5.22. The van der Waals surface area contributed by atoms with E-state index in [-0.39, 0.29) is 0 Å². The number of nitrogens with zero attached hydrogens (tertiary/aromatic N) is 2. The van der Waals surface area contributed by atoms with Gasteiger partial charge in [0, 0.05) is 24.5 Å². The Bertz CT molecular complexity index is 308. The number of morpholine rings is 1. The Morgan fingerprint density at radius 2 is 2.38 bits per heavy atom. The highest BCUT2D eigenvalue weighted by Gasteiger charge is 2.09. The van der Waals surface area contributed by atoms with E-state index in [0.717, 1.165) is 37.7 Å². The van der Waals surface area contributed by atoms with Crippen molar-refractivity contribution in [2.24, 2.45) is 5.16 Å². The molecular formula is C11H16N2O2S. The van der Waals surface area contributed by atoms with Gasteiger partial charge in [-0.3, -0.25) is 4.90 Å². The number of hydrogen-bond acceptors (Lipinski definition) is 5. The largest absolute Gasteiger partial charge is 0.394 e. The van der Waals surface area contributed by atoms with Gasteiger partial charge in [0.15, 0.2) is 0 Å². The van der Waals surface area contributed by atoms with Crippen LogP contribution in [0.2, 0.25) is 0 Å². The normalized spacial score (nSPS) is 18.0. The van der Waals surface area contributed by atoms with Crippen molar-refractivity contribution in [3.63, 3.8) is 0 Å². The summed E-state index contributed by atoms with van der Waals surface area (Å²) in [5, 5.41) is 5.95. The van der Waals surface area contributed by atoms with Gasteiger partial charge in [-0.05, 0) is 11.4 Å². The summed E-state index contributed by atoms with van der Waals surface area (Å²) in [6, 6.07) is 4.01. The van der Waals surface area contributed by atoms with Gasteiger partial charge in [-0.2, -0.15) is 0 Å². The molecule has 0 saturated carbocycles. The fourth-order valence-corrected chi connectivity index (χ4v) is 2.08. The Kier molecular flexibility index (Phi) is 4.79. The highest BCUT2D eigenvalue weighted by molar-refractivity contribution is 7.11. The first-order valence-corrected chi connectivity index (χ1v) is 6.32. The van der Waals surface area contributed by atoms with Crippen molar-refractivity contribution in [1.82, 2.24) is 4.90 Å². The lowest BCUT2D eigenvalue weighted by molar-refractivity contribution is 0.0214. The van der Waals surface area contributed by atoms with Crippen LogP contribution in [0.3, 0.4) is 0 Å². The Labute approximate surface area is 99.5 Å². The molecule has 1 aromatic rings. The first-order chi connectivity index (χ1) is 7.95. The van der Waals surface area contributed by atoms with Crippen molar-refractivity contribution >= 4 is 17.6 Å². The summed E-state index contributed by atoms with van der Waals surface area (Å²) in [6.07, 6.45) is 1.75. The fraction of sp³-hybridized carbons (Fsp3) is 0.545. The number of hydrogen-bond donors (Lipinski definition) is 0. The van der Waals surface area contributed by atoms with E-state index in [0.29, 0.717) is 6.61 Å². The fourth-order valence-electron chi connectivity index (χ4n) is 1.50. The summed E-state index contributed by atoms with van der Waals surface area (Å²) in [5.41, 5.74) is 0. The van der Waals surface area contributed by atoms with Crippen LogP contribution in [0.1, 0.15) is 4.88 Å². The smallest absolute Gasteiger partial charge is 0.129 e. The molecule has 1 saturated heterocycles. The second kappa shape index (κ2) is 6.62. The van der Waals surface area contributed by atoms with Crippen LogP contribution < -0.4 is 0 Å². The van der Waals surface area contributed by atoms with Gasteiger partial charge in [0.1, 0.15) is 6.61 Å². The minimum Gasteiger partial charge on any atom is -0.394 e. The van der Waals surface area contributed by atoms with Gasteiger partial charge >= 0.3 is 0 Å². The van der Waals surface area contributed by atoms with E-state index in [1.165, 1.54) is 0 Å². The molecule has 0 atom stereocenters. The summed E-state index contributed by atoms with van der Waals surface area (Å²) in [7, 11) is 0. The maximum atomic E-state index is 5.27.